The number of hydrogen-bond donors (Lipinski definition) is 1. The molecule has 4 rings (SSSR count). The molecule has 2 heterocycles. The number of aryl methyl sites for hydroxylation is 2. The number of aliphatic carboxylic acids is 1. The van der Waals surface area contributed by atoms with Gasteiger partial charge in [0.1, 0.15) is 5.82 Å². The van der Waals surface area contributed by atoms with Crippen LogP contribution in [0.1, 0.15) is 81.6 Å². The van der Waals surface area contributed by atoms with Gasteiger partial charge >= 0.3 is 5.97 Å². The molecular formula is C34H41FN2O3. The molecule has 0 saturated carbocycles. The summed E-state index contributed by atoms with van der Waals surface area (Å²) in [5.41, 5.74) is 6.50. The zero-order valence-electron chi connectivity index (χ0n) is 24.7. The van der Waals surface area contributed by atoms with Gasteiger partial charge in [0.25, 0.3) is 0 Å². The van der Waals surface area contributed by atoms with Crippen molar-refractivity contribution in [2.45, 2.75) is 73.0 Å². The number of carboxylic acid groups (broad SMARTS) is 1. The molecule has 3 aromatic rings. The van der Waals surface area contributed by atoms with Gasteiger partial charge in [0.2, 0.25) is 0 Å². The fourth-order valence-electron chi connectivity index (χ4n) is 5.28. The highest BCUT2D eigenvalue weighted by molar-refractivity contribution is 5.88. The van der Waals surface area contributed by atoms with E-state index in [0.717, 1.165) is 59.6 Å². The van der Waals surface area contributed by atoms with Gasteiger partial charge in [0, 0.05) is 35.6 Å². The summed E-state index contributed by atoms with van der Waals surface area (Å²) in [6.07, 6.45) is 4.82. The first kappa shape index (κ1) is 29.5. The minimum Gasteiger partial charge on any atom is -0.479 e. The Balaban J connectivity index is 1.82. The van der Waals surface area contributed by atoms with Crippen LogP contribution in [0.3, 0.4) is 0 Å². The minimum absolute atomic E-state index is 0.237. The zero-order chi connectivity index (χ0) is 29.2. The maximum absolute atomic E-state index is 13.2. The van der Waals surface area contributed by atoms with Crippen LogP contribution in [0.2, 0.25) is 0 Å². The molecule has 0 bridgehead atoms. The van der Waals surface area contributed by atoms with E-state index in [2.05, 4.69) is 30.9 Å². The first-order chi connectivity index (χ1) is 18.7. The average molecular weight is 545 g/mol. The van der Waals surface area contributed by atoms with Crippen LogP contribution in [0.4, 0.5) is 10.1 Å². The molecule has 1 aliphatic rings. The van der Waals surface area contributed by atoms with Crippen molar-refractivity contribution in [2.75, 3.05) is 18.0 Å². The Hall–Kier alpha value is -3.51. The lowest BCUT2D eigenvalue weighted by Crippen LogP contribution is -2.39. The number of benzene rings is 2. The Morgan fingerprint density at radius 2 is 1.50 bits per heavy atom. The third-order valence-corrected chi connectivity index (χ3v) is 7.51. The number of halogens is 1. The van der Waals surface area contributed by atoms with Gasteiger partial charge < -0.3 is 14.7 Å². The number of pyridine rings is 1. The molecule has 1 atom stereocenters. The molecule has 1 unspecified atom stereocenters. The fourth-order valence-corrected chi connectivity index (χ4v) is 5.28. The number of piperidine rings is 1. The summed E-state index contributed by atoms with van der Waals surface area (Å²) in [7, 11) is 0. The standard InChI is InChI=1S/C34H41FN2O3/c1-22-28(26-14-10-24(11-15-26)8-9-25-12-16-27(35)17-13-25)30(37-20-18-34(6,7)19-21-37)29(23(2)36-22)31(32(38)39)40-33(3,4)5/h8-17,31H,18-21H2,1-7H3,(H,38,39)/b9-8+. The van der Waals surface area contributed by atoms with Crippen molar-refractivity contribution in [1.82, 2.24) is 4.98 Å². The van der Waals surface area contributed by atoms with Crippen LogP contribution in [0.15, 0.2) is 48.5 Å². The molecule has 1 N–H and O–H groups in total. The number of carboxylic acids is 1. The van der Waals surface area contributed by atoms with E-state index in [1.54, 1.807) is 12.1 Å². The van der Waals surface area contributed by atoms with Gasteiger partial charge in [-0.3, -0.25) is 4.98 Å². The number of ether oxygens (including phenoxy) is 1. The first-order valence-corrected chi connectivity index (χ1v) is 13.9. The fraction of sp³-hybridized carbons (Fsp3) is 0.412. The van der Waals surface area contributed by atoms with E-state index in [0.29, 0.717) is 11.3 Å². The molecule has 1 aromatic heterocycles. The van der Waals surface area contributed by atoms with Crippen LogP contribution in [0.25, 0.3) is 23.3 Å². The number of hydrogen-bond acceptors (Lipinski definition) is 4. The lowest BCUT2D eigenvalue weighted by Gasteiger charge is -2.41. The summed E-state index contributed by atoms with van der Waals surface area (Å²) in [6.45, 7) is 15.7. The minimum atomic E-state index is -1.14. The van der Waals surface area contributed by atoms with Gasteiger partial charge in [-0.15, -0.1) is 0 Å². The second kappa shape index (κ2) is 11.5. The van der Waals surface area contributed by atoms with E-state index in [1.165, 1.54) is 12.1 Å². The van der Waals surface area contributed by atoms with Crippen LogP contribution in [0.5, 0.6) is 0 Å². The molecule has 1 fully saturated rings. The quantitative estimate of drug-likeness (QED) is 0.304. The lowest BCUT2D eigenvalue weighted by molar-refractivity contribution is -0.160. The third kappa shape index (κ3) is 6.97. The van der Waals surface area contributed by atoms with Gasteiger partial charge in [-0.1, -0.05) is 62.4 Å². The molecule has 40 heavy (non-hydrogen) atoms. The van der Waals surface area contributed by atoms with Crippen molar-refractivity contribution in [3.05, 3.63) is 82.4 Å². The zero-order valence-corrected chi connectivity index (χ0v) is 24.7. The van der Waals surface area contributed by atoms with E-state index in [-0.39, 0.29) is 11.2 Å². The molecule has 0 spiro atoms. The van der Waals surface area contributed by atoms with Crippen molar-refractivity contribution < 1.29 is 19.0 Å². The van der Waals surface area contributed by atoms with Crippen molar-refractivity contribution in [3.8, 4) is 11.1 Å². The molecule has 2 aromatic carbocycles. The molecular weight excluding hydrogens is 503 g/mol. The molecule has 212 valence electrons. The summed E-state index contributed by atoms with van der Waals surface area (Å²) < 4.78 is 19.4. The highest BCUT2D eigenvalue weighted by Crippen LogP contribution is 2.44. The van der Waals surface area contributed by atoms with Crippen LogP contribution in [-0.4, -0.2) is 34.8 Å². The summed E-state index contributed by atoms with van der Waals surface area (Å²) in [6, 6.07) is 14.6. The Morgan fingerprint density at radius 1 is 0.975 bits per heavy atom. The number of anilines is 1. The normalized spacial score (nSPS) is 16.4. The molecule has 0 radical (unpaired) electrons. The Labute approximate surface area is 237 Å². The van der Waals surface area contributed by atoms with Gasteiger partial charge in [0.05, 0.1) is 11.3 Å². The number of rotatable bonds is 7. The number of nitrogens with zero attached hydrogens (tertiary/aromatic N) is 2. The van der Waals surface area contributed by atoms with Gasteiger partial charge in [-0.25, -0.2) is 9.18 Å². The van der Waals surface area contributed by atoms with E-state index >= 15 is 0 Å². The summed E-state index contributed by atoms with van der Waals surface area (Å²) in [5, 5.41) is 10.4. The SMILES string of the molecule is Cc1nc(C)c(C(OC(C)(C)C)C(=O)O)c(N2CCC(C)(C)CC2)c1-c1ccc(/C=C/c2ccc(F)cc2)cc1. The van der Waals surface area contributed by atoms with Crippen LogP contribution >= 0.6 is 0 Å². The largest absolute Gasteiger partial charge is 0.479 e. The number of aromatic nitrogens is 1. The van der Waals surface area contributed by atoms with Crippen molar-refractivity contribution >= 4 is 23.8 Å². The van der Waals surface area contributed by atoms with Crippen molar-refractivity contribution in [1.29, 1.82) is 0 Å². The Bertz CT molecular complexity index is 1380. The highest BCUT2D eigenvalue weighted by Gasteiger charge is 2.36. The van der Waals surface area contributed by atoms with E-state index in [1.807, 2.05) is 58.9 Å². The van der Waals surface area contributed by atoms with E-state index in [4.69, 9.17) is 9.72 Å². The second-order valence-electron chi connectivity index (χ2n) is 12.5. The third-order valence-electron chi connectivity index (χ3n) is 7.51. The first-order valence-electron chi connectivity index (χ1n) is 13.9. The maximum Gasteiger partial charge on any atom is 0.337 e. The van der Waals surface area contributed by atoms with Crippen LogP contribution in [0, 0.1) is 25.1 Å². The van der Waals surface area contributed by atoms with E-state index in [9.17, 15) is 14.3 Å². The predicted octanol–water partition coefficient (Wildman–Crippen LogP) is 8.24. The van der Waals surface area contributed by atoms with Gasteiger partial charge in [-0.2, -0.15) is 0 Å². The second-order valence-corrected chi connectivity index (χ2v) is 12.5. The average Bonchev–Trinajstić information content (AvgIpc) is 2.87. The summed E-state index contributed by atoms with van der Waals surface area (Å²) in [4.78, 5) is 19.8. The van der Waals surface area contributed by atoms with Gasteiger partial charge in [0.15, 0.2) is 6.10 Å². The topological polar surface area (TPSA) is 62.7 Å². The molecule has 0 aliphatic carbocycles. The molecule has 5 nitrogen and oxygen atoms in total. The van der Waals surface area contributed by atoms with Crippen LogP contribution in [-0.2, 0) is 9.53 Å². The highest BCUT2D eigenvalue weighted by atomic mass is 19.1. The monoisotopic (exact) mass is 544 g/mol. The summed E-state index contributed by atoms with van der Waals surface area (Å²) in [5.74, 6) is -1.27. The Morgan fingerprint density at radius 3 is 2.00 bits per heavy atom. The predicted molar refractivity (Wildman–Crippen MR) is 161 cm³/mol. The molecule has 1 saturated heterocycles. The molecule has 1 aliphatic heterocycles. The molecule has 0 amide bonds. The lowest BCUT2D eigenvalue weighted by atomic mass is 9.81. The number of carbonyl (C=O) groups is 1. The Kier molecular flexibility index (Phi) is 8.50. The maximum atomic E-state index is 13.2. The molecule has 6 heteroatoms. The van der Waals surface area contributed by atoms with Gasteiger partial charge in [-0.05, 0) is 81.7 Å². The summed E-state index contributed by atoms with van der Waals surface area (Å²) >= 11 is 0. The van der Waals surface area contributed by atoms with Crippen LogP contribution < -0.4 is 4.90 Å². The van der Waals surface area contributed by atoms with Crippen molar-refractivity contribution in [3.63, 3.8) is 0 Å². The van der Waals surface area contributed by atoms with Crippen molar-refractivity contribution in [2.24, 2.45) is 5.41 Å². The van der Waals surface area contributed by atoms with E-state index < -0.39 is 17.7 Å². The smallest absolute Gasteiger partial charge is 0.337 e.